The Kier molecular flexibility index (Phi) is 4.99. The van der Waals surface area contributed by atoms with E-state index in [2.05, 4.69) is 13.8 Å². The van der Waals surface area contributed by atoms with Crippen molar-refractivity contribution in [2.24, 2.45) is 11.8 Å². The maximum atomic E-state index is 11.5. The molecule has 1 rings (SSSR count). The summed E-state index contributed by atoms with van der Waals surface area (Å²) in [5.41, 5.74) is 0. The SMILES string of the molecule is CC(C)CCCOC(=O)C1CCCC1. The Morgan fingerprint density at radius 3 is 2.57 bits per heavy atom. The number of carbonyl (C=O) groups is 1. The zero-order chi connectivity index (χ0) is 10.4. The third-order valence-electron chi connectivity index (χ3n) is 2.86. The predicted octanol–water partition coefficient (Wildman–Crippen LogP) is 3.16. The lowest BCUT2D eigenvalue weighted by Gasteiger charge is -2.10. The summed E-state index contributed by atoms with van der Waals surface area (Å²) in [5.74, 6) is 0.973. The van der Waals surface area contributed by atoms with E-state index >= 15 is 0 Å². The third-order valence-corrected chi connectivity index (χ3v) is 2.86. The molecular weight excluding hydrogens is 176 g/mol. The van der Waals surface area contributed by atoms with Crippen molar-refractivity contribution < 1.29 is 9.53 Å². The molecule has 0 aromatic rings. The van der Waals surface area contributed by atoms with Crippen LogP contribution in [-0.2, 0) is 9.53 Å². The van der Waals surface area contributed by atoms with E-state index in [-0.39, 0.29) is 11.9 Å². The van der Waals surface area contributed by atoms with Crippen LogP contribution in [0.5, 0.6) is 0 Å². The van der Waals surface area contributed by atoms with Crippen LogP contribution in [0, 0.1) is 11.8 Å². The van der Waals surface area contributed by atoms with E-state index in [1.54, 1.807) is 0 Å². The number of hydrogen-bond acceptors (Lipinski definition) is 2. The molecule has 2 nitrogen and oxygen atoms in total. The van der Waals surface area contributed by atoms with E-state index in [9.17, 15) is 4.79 Å². The van der Waals surface area contributed by atoms with Crippen molar-refractivity contribution >= 4 is 5.97 Å². The topological polar surface area (TPSA) is 26.3 Å². The van der Waals surface area contributed by atoms with E-state index in [1.807, 2.05) is 0 Å². The van der Waals surface area contributed by atoms with E-state index in [0.29, 0.717) is 12.5 Å². The highest BCUT2D eigenvalue weighted by Gasteiger charge is 2.23. The molecule has 82 valence electrons. The lowest BCUT2D eigenvalue weighted by atomic mass is 10.1. The highest BCUT2D eigenvalue weighted by molar-refractivity contribution is 5.72. The smallest absolute Gasteiger partial charge is 0.308 e. The average molecular weight is 198 g/mol. The van der Waals surface area contributed by atoms with E-state index in [4.69, 9.17) is 4.74 Å². The lowest BCUT2D eigenvalue weighted by molar-refractivity contribution is -0.148. The quantitative estimate of drug-likeness (QED) is 0.501. The van der Waals surface area contributed by atoms with Crippen molar-refractivity contribution in [2.75, 3.05) is 6.61 Å². The molecule has 2 heteroatoms. The molecule has 0 unspecified atom stereocenters. The summed E-state index contributed by atoms with van der Waals surface area (Å²) in [4.78, 5) is 11.5. The van der Waals surface area contributed by atoms with Gasteiger partial charge in [-0.05, 0) is 31.6 Å². The third kappa shape index (κ3) is 4.12. The minimum absolute atomic E-state index is 0.0475. The first kappa shape index (κ1) is 11.5. The Hall–Kier alpha value is -0.530. The van der Waals surface area contributed by atoms with Crippen LogP contribution in [0.25, 0.3) is 0 Å². The molecule has 0 N–H and O–H groups in total. The van der Waals surface area contributed by atoms with Gasteiger partial charge in [-0.25, -0.2) is 0 Å². The largest absolute Gasteiger partial charge is 0.465 e. The summed E-state index contributed by atoms with van der Waals surface area (Å²) in [5, 5.41) is 0. The molecule has 0 aromatic carbocycles. The Labute approximate surface area is 87.0 Å². The van der Waals surface area contributed by atoms with Gasteiger partial charge in [-0.3, -0.25) is 4.79 Å². The van der Waals surface area contributed by atoms with E-state index in [0.717, 1.165) is 25.7 Å². The fraction of sp³-hybridized carbons (Fsp3) is 0.917. The monoisotopic (exact) mass is 198 g/mol. The summed E-state index contributed by atoms with van der Waals surface area (Å²) < 4.78 is 5.24. The Balaban J connectivity index is 2.03. The summed E-state index contributed by atoms with van der Waals surface area (Å²) in [6.07, 6.45) is 6.65. The molecule has 14 heavy (non-hydrogen) atoms. The molecule has 0 bridgehead atoms. The lowest BCUT2D eigenvalue weighted by Crippen LogP contribution is -2.15. The fourth-order valence-corrected chi connectivity index (χ4v) is 1.94. The van der Waals surface area contributed by atoms with Gasteiger partial charge in [0.15, 0.2) is 0 Å². The molecule has 0 amide bonds. The van der Waals surface area contributed by atoms with Crippen molar-refractivity contribution in [3.05, 3.63) is 0 Å². The maximum Gasteiger partial charge on any atom is 0.308 e. The fourth-order valence-electron chi connectivity index (χ4n) is 1.94. The van der Waals surface area contributed by atoms with E-state index in [1.165, 1.54) is 12.8 Å². The van der Waals surface area contributed by atoms with Gasteiger partial charge >= 0.3 is 5.97 Å². The molecule has 0 saturated heterocycles. The molecule has 0 atom stereocenters. The molecule has 0 spiro atoms. The van der Waals surface area contributed by atoms with Crippen LogP contribution in [0.2, 0.25) is 0 Å². The summed E-state index contributed by atoms with van der Waals surface area (Å²) in [6, 6.07) is 0. The van der Waals surface area contributed by atoms with Crippen molar-refractivity contribution in [1.29, 1.82) is 0 Å². The highest BCUT2D eigenvalue weighted by Crippen LogP contribution is 2.25. The van der Waals surface area contributed by atoms with Gasteiger partial charge in [0.05, 0.1) is 12.5 Å². The van der Waals surface area contributed by atoms with Crippen LogP contribution in [0.4, 0.5) is 0 Å². The first-order valence-corrected chi connectivity index (χ1v) is 5.87. The second-order valence-electron chi connectivity index (χ2n) is 4.68. The van der Waals surface area contributed by atoms with Crippen molar-refractivity contribution in [2.45, 2.75) is 52.4 Å². The van der Waals surface area contributed by atoms with Gasteiger partial charge in [0.25, 0.3) is 0 Å². The standard InChI is InChI=1S/C12H22O2/c1-10(2)6-5-9-14-12(13)11-7-3-4-8-11/h10-11H,3-9H2,1-2H3. The van der Waals surface area contributed by atoms with Gasteiger partial charge < -0.3 is 4.74 Å². The van der Waals surface area contributed by atoms with Gasteiger partial charge in [0, 0.05) is 0 Å². The van der Waals surface area contributed by atoms with Gasteiger partial charge in [-0.15, -0.1) is 0 Å². The van der Waals surface area contributed by atoms with Crippen LogP contribution in [0.1, 0.15) is 52.4 Å². The number of ether oxygens (including phenoxy) is 1. The molecule has 0 aromatic heterocycles. The minimum atomic E-state index is 0.0475. The molecule has 1 fully saturated rings. The van der Waals surface area contributed by atoms with Gasteiger partial charge in [-0.1, -0.05) is 26.7 Å². The second kappa shape index (κ2) is 6.05. The minimum Gasteiger partial charge on any atom is -0.465 e. The summed E-state index contributed by atoms with van der Waals surface area (Å²) in [6.45, 7) is 5.01. The van der Waals surface area contributed by atoms with Crippen molar-refractivity contribution in [3.63, 3.8) is 0 Å². The van der Waals surface area contributed by atoms with Crippen molar-refractivity contribution in [1.82, 2.24) is 0 Å². The first-order valence-electron chi connectivity index (χ1n) is 5.87. The number of hydrogen-bond donors (Lipinski definition) is 0. The Bertz CT molecular complexity index is 169. The molecular formula is C12H22O2. The van der Waals surface area contributed by atoms with Crippen LogP contribution in [-0.4, -0.2) is 12.6 Å². The number of carbonyl (C=O) groups excluding carboxylic acids is 1. The second-order valence-corrected chi connectivity index (χ2v) is 4.68. The maximum absolute atomic E-state index is 11.5. The van der Waals surface area contributed by atoms with Gasteiger partial charge in [-0.2, -0.15) is 0 Å². The predicted molar refractivity (Wildman–Crippen MR) is 57.0 cm³/mol. The van der Waals surface area contributed by atoms with Crippen LogP contribution < -0.4 is 0 Å². The van der Waals surface area contributed by atoms with Gasteiger partial charge in [0.2, 0.25) is 0 Å². The molecule has 1 saturated carbocycles. The number of rotatable bonds is 5. The zero-order valence-corrected chi connectivity index (χ0v) is 9.42. The Morgan fingerprint density at radius 1 is 1.36 bits per heavy atom. The zero-order valence-electron chi connectivity index (χ0n) is 9.42. The molecule has 0 aliphatic heterocycles. The summed E-state index contributed by atoms with van der Waals surface area (Å²) in [7, 11) is 0. The van der Waals surface area contributed by atoms with E-state index < -0.39 is 0 Å². The first-order chi connectivity index (χ1) is 6.70. The molecule has 1 aliphatic rings. The average Bonchev–Trinajstić information content (AvgIpc) is 2.64. The van der Waals surface area contributed by atoms with Crippen LogP contribution >= 0.6 is 0 Å². The summed E-state index contributed by atoms with van der Waals surface area (Å²) >= 11 is 0. The number of esters is 1. The van der Waals surface area contributed by atoms with Gasteiger partial charge in [0.1, 0.15) is 0 Å². The Morgan fingerprint density at radius 2 is 2.00 bits per heavy atom. The molecule has 1 aliphatic carbocycles. The molecule has 0 heterocycles. The van der Waals surface area contributed by atoms with Crippen molar-refractivity contribution in [3.8, 4) is 0 Å². The highest BCUT2D eigenvalue weighted by atomic mass is 16.5. The molecule has 0 radical (unpaired) electrons. The van der Waals surface area contributed by atoms with Crippen LogP contribution in [0.3, 0.4) is 0 Å². The van der Waals surface area contributed by atoms with Crippen LogP contribution in [0.15, 0.2) is 0 Å². The normalized spacial score (nSPS) is 17.6.